The second kappa shape index (κ2) is 5.80. The van der Waals surface area contributed by atoms with E-state index < -0.39 is 5.66 Å². The molecule has 0 heterocycles. The smallest absolute Gasteiger partial charge is 0.0867 e. The third kappa shape index (κ3) is 3.19. The highest BCUT2D eigenvalue weighted by atomic mass is 14.9. The van der Waals surface area contributed by atoms with Crippen LogP contribution < -0.4 is 11.5 Å². The number of hydrogen-bond donors (Lipinski definition) is 2. The molecule has 0 radical (unpaired) electrons. The molecule has 0 aliphatic heterocycles. The maximum absolute atomic E-state index is 5.85. The molecule has 2 nitrogen and oxygen atoms in total. The van der Waals surface area contributed by atoms with Crippen molar-refractivity contribution in [1.82, 2.24) is 0 Å². The second-order valence-electron chi connectivity index (χ2n) is 4.46. The maximum atomic E-state index is 5.85. The van der Waals surface area contributed by atoms with Crippen molar-refractivity contribution in [2.75, 3.05) is 0 Å². The van der Waals surface area contributed by atoms with E-state index in [2.05, 4.69) is 24.8 Å². The molecule has 2 heteroatoms. The van der Waals surface area contributed by atoms with Crippen molar-refractivity contribution in [3.63, 3.8) is 0 Å². The summed E-state index contributed by atoms with van der Waals surface area (Å²) in [6, 6.07) is 8.34. The van der Waals surface area contributed by atoms with E-state index in [0.717, 1.165) is 6.42 Å². The molecule has 1 aromatic carbocycles. The van der Waals surface area contributed by atoms with Crippen molar-refractivity contribution in [2.24, 2.45) is 11.5 Å². The van der Waals surface area contributed by atoms with E-state index in [1.165, 1.54) is 16.7 Å². The predicted octanol–water partition coefficient (Wildman–Crippen LogP) is 3.01. The third-order valence-corrected chi connectivity index (χ3v) is 2.94. The third-order valence-electron chi connectivity index (χ3n) is 2.94. The quantitative estimate of drug-likeness (QED) is 0.632. The summed E-state index contributed by atoms with van der Waals surface area (Å²) in [5, 5.41) is 0. The Balaban J connectivity index is 0.00000162. The van der Waals surface area contributed by atoms with Gasteiger partial charge in [0, 0.05) is 6.42 Å². The van der Waals surface area contributed by atoms with E-state index in [1.54, 1.807) is 0 Å². The number of hydrogen-bond acceptors (Lipinski definition) is 2. The fourth-order valence-corrected chi connectivity index (χ4v) is 2.00. The van der Waals surface area contributed by atoms with Gasteiger partial charge in [-0.3, -0.25) is 0 Å². The van der Waals surface area contributed by atoms with Crippen LogP contribution in [0, 0.1) is 0 Å². The van der Waals surface area contributed by atoms with Crippen molar-refractivity contribution in [3.8, 4) is 0 Å². The molecule has 1 aromatic rings. The molecule has 0 saturated carbocycles. The van der Waals surface area contributed by atoms with Crippen LogP contribution in [0.4, 0.5) is 0 Å². The van der Waals surface area contributed by atoms with Gasteiger partial charge in [0.15, 0.2) is 0 Å². The van der Waals surface area contributed by atoms with Gasteiger partial charge in [0.05, 0.1) is 5.66 Å². The first-order valence-corrected chi connectivity index (χ1v) is 5.79. The summed E-state index contributed by atoms with van der Waals surface area (Å²) in [4.78, 5) is 0. The van der Waals surface area contributed by atoms with Crippen LogP contribution in [-0.2, 0) is 6.42 Å². The monoisotopic (exact) mass is 242 g/mol. The number of rotatable bonds is 3. The van der Waals surface area contributed by atoms with Gasteiger partial charge >= 0.3 is 0 Å². The average Bonchev–Trinajstić information content (AvgIpc) is 2.31. The first-order chi connectivity index (χ1) is 8.12. The van der Waals surface area contributed by atoms with Crippen molar-refractivity contribution in [2.45, 2.75) is 25.9 Å². The van der Waals surface area contributed by atoms with Gasteiger partial charge in [-0.2, -0.15) is 0 Å². The lowest BCUT2D eigenvalue weighted by molar-refractivity contribution is 0.559. The first-order valence-electron chi connectivity index (χ1n) is 5.79. The molecule has 0 bridgehead atoms. The Labute approximate surface area is 110 Å². The van der Waals surface area contributed by atoms with Crippen LogP contribution in [0.2, 0.25) is 0 Å². The van der Waals surface area contributed by atoms with Gasteiger partial charge in [0.2, 0.25) is 0 Å². The summed E-state index contributed by atoms with van der Waals surface area (Å²) in [5.74, 6) is 0. The maximum Gasteiger partial charge on any atom is 0.0867 e. The first kappa shape index (κ1) is 14.4. The zero-order valence-electron chi connectivity index (χ0n) is 9.89. The molecule has 4 N–H and O–H groups in total. The van der Waals surface area contributed by atoms with E-state index in [0.29, 0.717) is 6.42 Å². The van der Waals surface area contributed by atoms with Gasteiger partial charge in [0.1, 0.15) is 0 Å². The number of benzene rings is 1. The van der Waals surface area contributed by atoms with Gasteiger partial charge < -0.3 is 11.5 Å². The number of nitrogens with two attached hydrogens (primary N) is 2. The van der Waals surface area contributed by atoms with Crippen LogP contribution in [0.1, 0.15) is 25.0 Å². The van der Waals surface area contributed by atoms with Gasteiger partial charge in [0.25, 0.3) is 0 Å². The fraction of sp³-hybridized carbons (Fsp3) is 0.250. The number of allylic oxidation sites excluding steroid dienone is 3. The summed E-state index contributed by atoms with van der Waals surface area (Å²) in [7, 11) is 0. The van der Waals surface area contributed by atoms with E-state index in [1.807, 2.05) is 30.4 Å². The molecule has 0 saturated heterocycles. The van der Waals surface area contributed by atoms with E-state index >= 15 is 0 Å². The standard InChI is InChI=1S/C15H18N2.CH4/c1-2-5-12-6-3-4-7-14(12)13-8-10-15(16,17)11-9-13;/h2-4,6-10H,1,5,11,16-17H2;1H4. The summed E-state index contributed by atoms with van der Waals surface area (Å²) >= 11 is 0. The highest BCUT2D eigenvalue weighted by Crippen LogP contribution is 2.26. The Bertz CT molecular complexity index is 482. The van der Waals surface area contributed by atoms with Crippen molar-refractivity contribution >= 4 is 5.57 Å². The minimum absolute atomic E-state index is 0. The molecular formula is C16H22N2. The van der Waals surface area contributed by atoms with Crippen molar-refractivity contribution in [1.29, 1.82) is 0 Å². The zero-order valence-corrected chi connectivity index (χ0v) is 9.89. The van der Waals surface area contributed by atoms with E-state index in [9.17, 15) is 0 Å². The van der Waals surface area contributed by atoms with Gasteiger partial charge in [-0.25, -0.2) is 0 Å². The van der Waals surface area contributed by atoms with Crippen LogP contribution in [0.25, 0.3) is 5.57 Å². The minimum Gasteiger partial charge on any atom is -0.310 e. The van der Waals surface area contributed by atoms with Crippen LogP contribution in [-0.4, -0.2) is 5.66 Å². The highest BCUT2D eigenvalue weighted by Gasteiger charge is 2.18. The van der Waals surface area contributed by atoms with Gasteiger partial charge in [-0.15, -0.1) is 6.58 Å². The molecule has 0 fully saturated rings. The van der Waals surface area contributed by atoms with Crippen molar-refractivity contribution in [3.05, 3.63) is 66.3 Å². The molecule has 0 spiro atoms. The normalized spacial score (nSPS) is 16.7. The Morgan fingerprint density at radius 2 is 2.00 bits per heavy atom. The Morgan fingerprint density at radius 1 is 1.28 bits per heavy atom. The van der Waals surface area contributed by atoms with Gasteiger partial charge in [-0.1, -0.05) is 49.9 Å². The topological polar surface area (TPSA) is 52.0 Å². The Hall–Kier alpha value is -1.64. The molecule has 96 valence electrons. The van der Waals surface area contributed by atoms with Crippen LogP contribution in [0.15, 0.2) is 55.1 Å². The molecule has 1 aliphatic carbocycles. The average molecular weight is 242 g/mol. The molecule has 0 amide bonds. The molecule has 0 atom stereocenters. The molecular weight excluding hydrogens is 220 g/mol. The van der Waals surface area contributed by atoms with E-state index in [-0.39, 0.29) is 7.43 Å². The lowest BCUT2D eigenvalue weighted by Crippen LogP contribution is -2.47. The lowest BCUT2D eigenvalue weighted by atomic mass is 9.91. The minimum atomic E-state index is -0.698. The summed E-state index contributed by atoms with van der Waals surface area (Å²) < 4.78 is 0. The molecule has 2 rings (SSSR count). The zero-order chi connectivity index (χ0) is 12.3. The summed E-state index contributed by atoms with van der Waals surface area (Å²) in [6.45, 7) is 3.79. The molecule has 1 aliphatic rings. The van der Waals surface area contributed by atoms with Crippen LogP contribution in [0.5, 0.6) is 0 Å². The highest BCUT2D eigenvalue weighted by molar-refractivity contribution is 5.77. The molecule has 18 heavy (non-hydrogen) atoms. The largest absolute Gasteiger partial charge is 0.310 e. The molecule has 0 unspecified atom stereocenters. The lowest BCUT2D eigenvalue weighted by Gasteiger charge is -2.23. The van der Waals surface area contributed by atoms with Crippen LogP contribution >= 0.6 is 0 Å². The SMILES string of the molecule is C.C=CCc1ccccc1C1=CCC(N)(N)C=C1. The summed E-state index contributed by atoms with van der Waals surface area (Å²) in [6.07, 6.45) is 9.43. The second-order valence-corrected chi connectivity index (χ2v) is 4.46. The fourth-order valence-electron chi connectivity index (χ4n) is 2.00. The molecule has 0 aromatic heterocycles. The van der Waals surface area contributed by atoms with E-state index in [4.69, 9.17) is 11.5 Å². The summed E-state index contributed by atoms with van der Waals surface area (Å²) in [5.41, 5.74) is 14.7. The van der Waals surface area contributed by atoms with Crippen molar-refractivity contribution < 1.29 is 0 Å². The Kier molecular flexibility index (Phi) is 4.65. The Morgan fingerprint density at radius 3 is 2.61 bits per heavy atom. The van der Waals surface area contributed by atoms with Crippen LogP contribution in [0.3, 0.4) is 0 Å². The van der Waals surface area contributed by atoms with Gasteiger partial charge in [-0.05, 0) is 29.2 Å². The predicted molar refractivity (Wildman–Crippen MR) is 79.9 cm³/mol.